The van der Waals surface area contributed by atoms with Gasteiger partial charge >= 0.3 is 0 Å². The van der Waals surface area contributed by atoms with Crippen LogP contribution in [0.4, 0.5) is 5.69 Å². The number of carbonyl (C=O) groups is 1. The average Bonchev–Trinajstić information content (AvgIpc) is 3.22. The van der Waals surface area contributed by atoms with E-state index in [2.05, 4.69) is 11.0 Å². The van der Waals surface area contributed by atoms with E-state index in [1.807, 2.05) is 62.4 Å². The number of ketones is 1. The molecule has 174 valence electrons. The second-order valence-electron chi connectivity index (χ2n) is 9.07. The van der Waals surface area contributed by atoms with Crippen LogP contribution in [0.25, 0.3) is 33.5 Å². The largest absolute Gasteiger partial charge is 0.432 e. The van der Waals surface area contributed by atoms with Gasteiger partial charge in [0.15, 0.2) is 5.76 Å². The number of anilines is 1. The fraction of sp³-hybridized carbons (Fsp3) is 0.286. The van der Waals surface area contributed by atoms with E-state index in [4.69, 9.17) is 32.6 Å². The van der Waals surface area contributed by atoms with Crippen LogP contribution in [0.2, 0.25) is 10.0 Å². The Morgan fingerprint density at radius 1 is 0.971 bits per heavy atom. The number of furan rings is 1. The summed E-state index contributed by atoms with van der Waals surface area (Å²) in [7, 11) is 0. The zero-order valence-corrected chi connectivity index (χ0v) is 20.8. The maximum absolute atomic E-state index is 13.2. The Morgan fingerprint density at radius 3 is 2.35 bits per heavy atom. The summed E-state index contributed by atoms with van der Waals surface area (Å²) in [5, 5.41) is 2.12. The average molecular weight is 493 g/mol. The van der Waals surface area contributed by atoms with Crippen molar-refractivity contribution in [3.8, 4) is 22.4 Å². The number of fused-ring (bicyclic) bond motifs is 1. The molecule has 0 bridgehead atoms. The Balaban J connectivity index is 1.82. The van der Waals surface area contributed by atoms with Crippen molar-refractivity contribution in [1.82, 2.24) is 4.98 Å². The molecule has 5 rings (SSSR count). The molecule has 0 unspecified atom stereocenters. The minimum atomic E-state index is -0.178. The van der Waals surface area contributed by atoms with Crippen molar-refractivity contribution < 1.29 is 9.21 Å². The topological polar surface area (TPSA) is 46.3 Å². The number of nitrogens with zero attached hydrogens (tertiary/aromatic N) is 2. The highest BCUT2D eigenvalue weighted by molar-refractivity contribution is 6.33. The van der Waals surface area contributed by atoms with Crippen molar-refractivity contribution >= 4 is 45.8 Å². The maximum atomic E-state index is 13.2. The van der Waals surface area contributed by atoms with Crippen molar-refractivity contribution in [2.45, 2.75) is 33.1 Å². The summed E-state index contributed by atoms with van der Waals surface area (Å²) >= 11 is 12.8. The molecule has 1 fully saturated rings. The van der Waals surface area contributed by atoms with E-state index >= 15 is 0 Å². The molecule has 0 atom stereocenters. The van der Waals surface area contributed by atoms with Crippen molar-refractivity contribution in [1.29, 1.82) is 0 Å². The lowest BCUT2D eigenvalue weighted by Gasteiger charge is -2.28. The van der Waals surface area contributed by atoms with E-state index < -0.39 is 0 Å². The number of pyridine rings is 1. The lowest BCUT2D eigenvalue weighted by Crippen LogP contribution is -2.30. The minimum absolute atomic E-state index is 0.00842. The number of halogens is 2. The molecule has 3 heterocycles. The van der Waals surface area contributed by atoms with Crippen molar-refractivity contribution in [2.75, 3.05) is 18.0 Å². The standard InChI is InChI=1S/C28H26Cl2N2O2/c1-17(2)26(33)27-25(32-14-6-3-7-15-32)22-16-21(18-10-12-19(29)13-11-18)24(31-28(22)34-27)20-8-4-5-9-23(20)30/h4-5,8-13,16-17H,3,6-7,14-15H2,1-2H3. The molecule has 2 aromatic carbocycles. The summed E-state index contributed by atoms with van der Waals surface area (Å²) < 4.78 is 6.22. The molecule has 0 spiro atoms. The molecule has 0 N–H and O–H groups in total. The number of carbonyl (C=O) groups excluding carboxylic acids is 1. The Morgan fingerprint density at radius 2 is 1.68 bits per heavy atom. The van der Waals surface area contributed by atoms with Gasteiger partial charge in [-0.3, -0.25) is 4.79 Å². The van der Waals surface area contributed by atoms with Crippen LogP contribution in [-0.2, 0) is 0 Å². The molecule has 0 radical (unpaired) electrons. The second kappa shape index (κ2) is 9.44. The van der Waals surface area contributed by atoms with Crippen LogP contribution < -0.4 is 4.90 Å². The van der Waals surface area contributed by atoms with Gasteiger partial charge in [0.1, 0.15) is 0 Å². The van der Waals surface area contributed by atoms with Gasteiger partial charge in [-0.1, -0.05) is 67.4 Å². The highest BCUT2D eigenvalue weighted by Gasteiger charge is 2.29. The lowest BCUT2D eigenvalue weighted by atomic mass is 9.97. The molecule has 0 amide bonds. The summed E-state index contributed by atoms with van der Waals surface area (Å²) in [5.74, 6) is 0.214. The first-order chi connectivity index (χ1) is 16.4. The van der Waals surface area contributed by atoms with E-state index in [0.29, 0.717) is 27.2 Å². The number of hydrogen-bond donors (Lipinski definition) is 0. The quantitative estimate of drug-likeness (QED) is 0.262. The number of piperidine rings is 1. The first-order valence-corrected chi connectivity index (χ1v) is 12.5. The summed E-state index contributed by atoms with van der Waals surface area (Å²) in [5.41, 5.74) is 4.72. The molecule has 6 heteroatoms. The van der Waals surface area contributed by atoms with Gasteiger partial charge in [0.05, 0.1) is 16.8 Å². The third-order valence-electron chi connectivity index (χ3n) is 6.36. The Labute approximate surface area is 209 Å². The molecule has 1 aliphatic rings. The SMILES string of the molecule is CC(C)C(=O)c1oc2nc(-c3ccccc3Cl)c(-c3ccc(Cl)cc3)cc2c1N1CCCCC1. The van der Waals surface area contributed by atoms with Crippen LogP contribution in [-0.4, -0.2) is 23.9 Å². The number of rotatable bonds is 5. The van der Waals surface area contributed by atoms with Gasteiger partial charge in [0.25, 0.3) is 0 Å². The van der Waals surface area contributed by atoms with Crippen molar-refractivity contribution in [3.63, 3.8) is 0 Å². The molecular weight excluding hydrogens is 467 g/mol. The first kappa shape index (κ1) is 22.9. The molecule has 2 aromatic heterocycles. The Hall–Kier alpha value is -2.82. The zero-order chi connectivity index (χ0) is 23.8. The predicted molar refractivity (Wildman–Crippen MR) is 140 cm³/mol. The Kier molecular flexibility index (Phi) is 6.37. The van der Waals surface area contributed by atoms with Crippen LogP contribution in [0.1, 0.15) is 43.7 Å². The predicted octanol–water partition coefficient (Wildman–Crippen LogP) is 8.30. The molecule has 4 nitrogen and oxygen atoms in total. The van der Waals surface area contributed by atoms with Gasteiger partial charge in [-0.05, 0) is 49.1 Å². The number of benzene rings is 2. The van der Waals surface area contributed by atoms with Gasteiger partial charge in [-0.25, -0.2) is 4.98 Å². The third-order valence-corrected chi connectivity index (χ3v) is 6.94. The van der Waals surface area contributed by atoms with E-state index in [9.17, 15) is 4.79 Å². The highest BCUT2D eigenvalue weighted by atomic mass is 35.5. The minimum Gasteiger partial charge on any atom is -0.432 e. The van der Waals surface area contributed by atoms with E-state index in [-0.39, 0.29) is 11.7 Å². The summed E-state index contributed by atoms with van der Waals surface area (Å²) in [6.07, 6.45) is 3.39. The van der Waals surface area contributed by atoms with Gasteiger partial charge in [-0.2, -0.15) is 0 Å². The molecule has 34 heavy (non-hydrogen) atoms. The molecule has 1 aliphatic heterocycles. The second-order valence-corrected chi connectivity index (χ2v) is 9.91. The highest BCUT2D eigenvalue weighted by Crippen LogP contribution is 2.42. The van der Waals surface area contributed by atoms with Crippen LogP contribution in [0.3, 0.4) is 0 Å². The van der Waals surface area contributed by atoms with Crippen LogP contribution in [0.5, 0.6) is 0 Å². The van der Waals surface area contributed by atoms with Crippen molar-refractivity contribution in [3.05, 3.63) is 70.4 Å². The fourth-order valence-corrected chi connectivity index (χ4v) is 4.93. The van der Waals surface area contributed by atoms with Crippen molar-refractivity contribution in [2.24, 2.45) is 5.92 Å². The first-order valence-electron chi connectivity index (χ1n) is 11.7. The Bertz CT molecular complexity index is 1350. The van der Waals surface area contributed by atoms with E-state index in [0.717, 1.165) is 53.7 Å². The number of aromatic nitrogens is 1. The monoisotopic (exact) mass is 492 g/mol. The number of Topliss-reactive ketones (excluding diaryl/α,β-unsaturated/α-hetero) is 1. The van der Waals surface area contributed by atoms with Gasteiger partial charge < -0.3 is 9.32 Å². The normalized spacial score (nSPS) is 14.2. The van der Waals surface area contributed by atoms with Crippen LogP contribution in [0, 0.1) is 5.92 Å². The van der Waals surface area contributed by atoms with Crippen LogP contribution in [0.15, 0.2) is 59.0 Å². The van der Waals surface area contributed by atoms with E-state index in [1.165, 1.54) is 6.42 Å². The molecule has 1 saturated heterocycles. The zero-order valence-electron chi connectivity index (χ0n) is 19.3. The molecule has 4 aromatic rings. The van der Waals surface area contributed by atoms with Crippen LogP contribution >= 0.6 is 23.2 Å². The van der Waals surface area contributed by atoms with Gasteiger partial charge in [0.2, 0.25) is 11.5 Å². The van der Waals surface area contributed by atoms with Gasteiger partial charge in [0, 0.05) is 40.2 Å². The lowest BCUT2D eigenvalue weighted by molar-refractivity contribution is 0.0914. The molecular formula is C28H26Cl2N2O2. The maximum Gasteiger partial charge on any atom is 0.229 e. The molecule has 0 aliphatic carbocycles. The smallest absolute Gasteiger partial charge is 0.229 e. The number of hydrogen-bond acceptors (Lipinski definition) is 4. The summed E-state index contributed by atoms with van der Waals surface area (Å²) in [6, 6.07) is 17.4. The summed E-state index contributed by atoms with van der Waals surface area (Å²) in [4.78, 5) is 20.4. The molecule has 0 saturated carbocycles. The summed E-state index contributed by atoms with van der Waals surface area (Å²) in [6.45, 7) is 5.60. The van der Waals surface area contributed by atoms with Gasteiger partial charge in [-0.15, -0.1) is 0 Å². The third kappa shape index (κ3) is 4.21. The fourth-order valence-electron chi connectivity index (χ4n) is 4.58. The van der Waals surface area contributed by atoms with E-state index in [1.54, 1.807) is 0 Å².